The molecule has 0 aromatic heterocycles. The molecule has 4 aliphatic rings. The maximum absolute atomic E-state index is 10.1. The van der Waals surface area contributed by atoms with Gasteiger partial charge in [-0.3, -0.25) is 0 Å². The van der Waals surface area contributed by atoms with E-state index in [2.05, 4.69) is 19.9 Å². The van der Waals surface area contributed by atoms with Gasteiger partial charge in [0.25, 0.3) is 0 Å². The van der Waals surface area contributed by atoms with E-state index in [-0.39, 0.29) is 6.10 Å². The molecule has 2 nitrogen and oxygen atoms in total. The summed E-state index contributed by atoms with van der Waals surface area (Å²) < 4.78 is 0. The molecule has 122 valence electrons. The minimum atomic E-state index is -0.0545. The van der Waals surface area contributed by atoms with Crippen LogP contribution in [0.2, 0.25) is 0 Å². The first-order valence-electron chi connectivity index (χ1n) is 9.55. The first-order valence-corrected chi connectivity index (χ1v) is 9.55. The Bertz CT molecular complexity index is 496. The summed E-state index contributed by atoms with van der Waals surface area (Å²) >= 11 is 0. The van der Waals surface area contributed by atoms with E-state index < -0.39 is 0 Å². The Morgan fingerprint density at radius 3 is 2.36 bits per heavy atom. The number of aliphatic hydroxyl groups is 1. The number of hydrogen-bond donors (Lipinski definition) is 1. The van der Waals surface area contributed by atoms with Crippen molar-refractivity contribution < 1.29 is 5.11 Å². The van der Waals surface area contributed by atoms with E-state index in [0.29, 0.717) is 16.7 Å². The first-order chi connectivity index (χ1) is 10.5. The Morgan fingerprint density at radius 2 is 1.59 bits per heavy atom. The lowest BCUT2D eigenvalue weighted by Gasteiger charge is -2.59. The van der Waals surface area contributed by atoms with Gasteiger partial charge >= 0.3 is 0 Å². The standard InChI is InChI=1S/C20H31NO/c1-19-9-7-16-15(17(19)6-4-14(22)11-19)8-10-20(2)13(12-21)3-5-18(16)20/h13-18,22H,3-11H2,1-2H3/t13-,14+,15-,16+,17+,18-,19+,20+/m0/s1. The van der Waals surface area contributed by atoms with Gasteiger partial charge in [-0.25, -0.2) is 0 Å². The number of nitriles is 1. The van der Waals surface area contributed by atoms with E-state index in [1.54, 1.807) is 0 Å². The summed E-state index contributed by atoms with van der Waals surface area (Å²) in [5.74, 6) is 3.68. The highest BCUT2D eigenvalue weighted by atomic mass is 16.3. The van der Waals surface area contributed by atoms with Crippen molar-refractivity contribution in [1.29, 1.82) is 5.26 Å². The molecule has 0 aromatic rings. The lowest BCUT2D eigenvalue weighted by molar-refractivity contribution is -0.112. The van der Waals surface area contributed by atoms with Gasteiger partial charge in [-0.1, -0.05) is 13.8 Å². The van der Waals surface area contributed by atoms with Crippen molar-refractivity contribution in [3.8, 4) is 6.07 Å². The molecule has 0 unspecified atom stereocenters. The highest BCUT2D eigenvalue weighted by Crippen LogP contribution is 2.66. The van der Waals surface area contributed by atoms with Crippen molar-refractivity contribution in [2.45, 2.75) is 77.7 Å². The van der Waals surface area contributed by atoms with Crippen LogP contribution in [0.4, 0.5) is 0 Å². The minimum absolute atomic E-state index is 0.0545. The predicted molar refractivity (Wildman–Crippen MR) is 86.8 cm³/mol. The summed E-state index contributed by atoms with van der Waals surface area (Å²) in [5.41, 5.74) is 0.692. The maximum Gasteiger partial charge on any atom is 0.0661 e. The third-order valence-corrected chi connectivity index (χ3v) is 8.62. The molecule has 8 atom stereocenters. The van der Waals surface area contributed by atoms with Gasteiger partial charge in [0.1, 0.15) is 0 Å². The zero-order valence-corrected chi connectivity index (χ0v) is 14.2. The average Bonchev–Trinajstić information content (AvgIpc) is 2.82. The molecule has 0 aromatic carbocycles. The summed E-state index contributed by atoms with van der Waals surface area (Å²) in [6.45, 7) is 4.88. The Labute approximate surface area is 135 Å². The van der Waals surface area contributed by atoms with Crippen molar-refractivity contribution in [3.63, 3.8) is 0 Å². The number of fused-ring (bicyclic) bond motifs is 5. The zero-order valence-electron chi connectivity index (χ0n) is 14.2. The summed E-state index contributed by atoms with van der Waals surface area (Å²) in [7, 11) is 0. The maximum atomic E-state index is 10.1. The van der Waals surface area contributed by atoms with Crippen molar-refractivity contribution in [1.82, 2.24) is 0 Å². The van der Waals surface area contributed by atoms with Crippen LogP contribution in [0.5, 0.6) is 0 Å². The van der Waals surface area contributed by atoms with Gasteiger partial charge in [-0.05, 0) is 92.3 Å². The monoisotopic (exact) mass is 301 g/mol. The van der Waals surface area contributed by atoms with E-state index >= 15 is 0 Å². The normalized spacial score (nSPS) is 57.4. The molecule has 1 N–H and O–H groups in total. The predicted octanol–water partition coefficient (Wildman–Crippen LogP) is 4.53. The van der Waals surface area contributed by atoms with Gasteiger partial charge in [0.2, 0.25) is 0 Å². The van der Waals surface area contributed by atoms with Crippen molar-refractivity contribution in [2.24, 2.45) is 40.4 Å². The van der Waals surface area contributed by atoms with Crippen LogP contribution in [0, 0.1) is 51.8 Å². The van der Waals surface area contributed by atoms with Crippen molar-refractivity contribution in [2.75, 3.05) is 0 Å². The molecule has 0 saturated heterocycles. The van der Waals surface area contributed by atoms with Gasteiger partial charge in [-0.15, -0.1) is 0 Å². The van der Waals surface area contributed by atoms with Crippen molar-refractivity contribution in [3.05, 3.63) is 0 Å². The molecular formula is C20H31NO. The fraction of sp³-hybridized carbons (Fsp3) is 0.950. The molecule has 4 rings (SSSR count). The smallest absolute Gasteiger partial charge is 0.0661 e. The van der Waals surface area contributed by atoms with Crippen LogP contribution < -0.4 is 0 Å². The number of aliphatic hydroxyl groups excluding tert-OH is 1. The second-order valence-corrected chi connectivity index (χ2v) is 9.47. The highest BCUT2D eigenvalue weighted by Gasteiger charge is 2.59. The Balaban J connectivity index is 1.61. The molecule has 4 saturated carbocycles. The lowest BCUT2D eigenvalue weighted by atomic mass is 9.46. The van der Waals surface area contributed by atoms with Crippen LogP contribution in [0.25, 0.3) is 0 Å². The first kappa shape index (κ1) is 15.0. The molecule has 0 bridgehead atoms. The molecule has 0 aliphatic heterocycles. The molecule has 22 heavy (non-hydrogen) atoms. The van der Waals surface area contributed by atoms with Crippen LogP contribution in [0.15, 0.2) is 0 Å². The van der Waals surface area contributed by atoms with E-state index in [9.17, 15) is 10.4 Å². The van der Waals surface area contributed by atoms with Gasteiger partial charge in [-0.2, -0.15) is 5.26 Å². The second kappa shape index (κ2) is 4.97. The van der Waals surface area contributed by atoms with Crippen LogP contribution in [0.1, 0.15) is 71.6 Å². The van der Waals surface area contributed by atoms with Crippen LogP contribution >= 0.6 is 0 Å². The Morgan fingerprint density at radius 1 is 0.909 bits per heavy atom. The van der Waals surface area contributed by atoms with Gasteiger partial charge in [0.05, 0.1) is 18.1 Å². The number of rotatable bonds is 0. The van der Waals surface area contributed by atoms with Crippen LogP contribution in [-0.2, 0) is 0 Å². The largest absolute Gasteiger partial charge is 0.393 e. The fourth-order valence-corrected chi connectivity index (χ4v) is 7.47. The third kappa shape index (κ3) is 1.94. The summed E-state index contributed by atoms with van der Waals surface area (Å²) in [5, 5.41) is 19.7. The van der Waals surface area contributed by atoms with E-state index in [1.165, 1.54) is 38.5 Å². The van der Waals surface area contributed by atoms with Crippen LogP contribution in [0.3, 0.4) is 0 Å². The average molecular weight is 301 g/mol. The SMILES string of the molecule is C[C@]12CC[C@@H]3[C@H](CC[C@]4(C)[C@H](C#N)CC[C@@H]34)[C@H]1CC[C@@H](O)C2. The van der Waals surface area contributed by atoms with Gasteiger partial charge in [0.15, 0.2) is 0 Å². The third-order valence-electron chi connectivity index (χ3n) is 8.62. The van der Waals surface area contributed by atoms with Crippen molar-refractivity contribution >= 4 is 0 Å². The molecule has 0 amide bonds. The fourth-order valence-electron chi connectivity index (χ4n) is 7.47. The molecule has 4 fully saturated rings. The molecule has 2 heteroatoms. The molecular weight excluding hydrogens is 270 g/mol. The summed E-state index contributed by atoms with van der Waals surface area (Å²) in [6, 6.07) is 2.64. The van der Waals surface area contributed by atoms with Crippen LogP contribution in [-0.4, -0.2) is 11.2 Å². The lowest BCUT2D eigenvalue weighted by Crippen LogP contribution is -2.52. The van der Waals surface area contributed by atoms with E-state index in [4.69, 9.17) is 0 Å². The summed E-state index contributed by atoms with van der Waals surface area (Å²) in [4.78, 5) is 0. The number of nitrogens with zero attached hydrogens (tertiary/aromatic N) is 1. The molecule has 0 radical (unpaired) electrons. The Hall–Kier alpha value is -0.550. The minimum Gasteiger partial charge on any atom is -0.393 e. The molecule has 0 heterocycles. The topological polar surface area (TPSA) is 44.0 Å². The Kier molecular flexibility index (Phi) is 3.39. The number of hydrogen-bond acceptors (Lipinski definition) is 2. The summed E-state index contributed by atoms with van der Waals surface area (Å²) in [6.07, 6.45) is 10.9. The van der Waals surface area contributed by atoms with Gasteiger partial charge in [0, 0.05) is 0 Å². The quantitative estimate of drug-likeness (QED) is 0.714. The van der Waals surface area contributed by atoms with E-state index in [0.717, 1.165) is 42.9 Å². The zero-order chi connectivity index (χ0) is 15.5. The molecule has 4 aliphatic carbocycles. The van der Waals surface area contributed by atoms with E-state index in [1.807, 2.05) is 0 Å². The van der Waals surface area contributed by atoms with Gasteiger partial charge < -0.3 is 5.11 Å². The second-order valence-electron chi connectivity index (χ2n) is 9.47. The highest BCUT2D eigenvalue weighted by molar-refractivity contribution is 5.11. The molecule has 0 spiro atoms.